The lowest BCUT2D eigenvalue weighted by atomic mass is 10.3. The van der Waals surface area contributed by atoms with Crippen LogP contribution in [0, 0.1) is 0 Å². The maximum atomic E-state index is 5.66. The van der Waals surface area contributed by atoms with Gasteiger partial charge in [-0.05, 0) is 32.0 Å². The first-order valence-corrected chi connectivity index (χ1v) is 6.95. The Morgan fingerprint density at radius 3 is 3.06 bits per heavy atom. The standard InChI is InChI=1S/C12H19NO2S/c1-13-7-10-4-5-12(15-10)9-16-8-11-3-2-6-14-11/h4-5,11,13H,2-3,6-9H2,1H3. The molecule has 0 aromatic carbocycles. The quantitative estimate of drug-likeness (QED) is 0.829. The average molecular weight is 241 g/mol. The van der Waals surface area contributed by atoms with E-state index in [4.69, 9.17) is 9.15 Å². The van der Waals surface area contributed by atoms with E-state index in [2.05, 4.69) is 11.4 Å². The number of thioether (sulfide) groups is 1. The highest BCUT2D eigenvalue weighted by atomic mass is 32.2. The summed E-state index contributed by atoms with van der Waals surface area (Å²) in [5.41, 5.74) is 0. The van der Waals surface area contributed by atoms with E-state index < -0.39 is 0 Å². The minimum Gasteiger partial charge on any atom is -0.464 e. The van der Waals surface area contributed by atoms with Gasteiger partial charge in [0.1, 0.15) is 11.5 Å². The van der Waals surface area contributed by atoms with Gasteiger partial charge in [0.15, 0.2) is 0 Å². The van der Waals surface area contributed by atoms with E-state index in [0.29, 0.717) is 6.10 Å². The third-order valence-electron chi connectivity index (χ3n) is 2.64. The Morgan fingerprint density at radius 1 is 1.44 bits per heavy atom. The summed E-state index contributed by atoms with van der Waals surface area (Å²) in [4.78, 5) is 0. The molecule has 0 spiro atoms. The van der Waals surface area contributed by atoms with Crippen LogP contribution in [0.25, 0.3) is 0 Å². The summed E-state index contributed by atoms with van der Waals surface area (Å²) >= 11 is 1.90. The number of hydrogen-bond acceptors (Lipinski definition) is 4. The van der Waals surface area contributed by atoms with Gasteiger partial charge in [0.2, 0.25) is 0 Å². The largest absolute Gasteiger partial charge is 0.464 e. The number of hydrogen-bond donors (Lipinski definition) is 1. The number of rotatable bonds is 6. The highest BCUT2D eigenvalue weighted by molar-refractivity contribution is 7.98. The molecule has 1 saturated heterocycles. The molecule has 3 nitrogen and oxygen atoms in total. The zero-order valence-corrected chi connectivity index (χ0v) is 10.5. The average Bonchev–Trinajstić information content (AvgIpc) is 2.90. The molecule has 0 saturated carbocycles. The predicted molar refractivity (Wildman–Crippen MR) is 66.6 cm³/mol. The molecule has 0 amide bonds. The fourth-order valence-corrected chi connectivity index (χ4v) is 2.84. The Morgan fingerprint density at radius 2 is 2.31 bits per heavy atom. The van der Waals surface area contributed by atoms with Gasteiger partial charge >= 0.3 is 0 Å². The highest BCUT2D eigenvalue weighted by Gasteiger charge is 2.15. The number of nitrogens with one attached hydrogen (secondary N) is 1. The third-order valence-corrected chi connectivity index (χ3v) is 3.74. The van der Waals surface area contributed by atoms with Crippen LogP contribution in [0.1, 0.15) is 24.4 Å². The van der Waals surface area contributed by atoms with Gasteiger partial charge in [-0.2, -0.15) is 11.8 Å². The molecule has 16 heavy (non-hydrogen) atoms. The monoisotopic (exact) mass is 241 g/mol. The first kappa shape index (κ1) is 12.0. The van der Waals surface area contributed by atoms with Crippen LogP contribution in [-0.4, -0.2) is 25.5 Å². The second-order valence-electron chi connectivity index (χ2n) is 4.05. The molecule has 1 aromatic heterocycles. The van der Waals surface area contributed by atoms with E-state index in [9.17, 15) is 0 Å². The molecule has 1 unspecified atom stereocenters. The van der Waals surface area contributed by atoms with Crippen LogP contribution in [0.15, 0.2) is 16.5 Å². The van der Waals surface area contributed by atoms with Gasteiger partial charge in [-0.25, -0.2) is 0 Å². The molecule has 1 aromatic rings. The zero-order chi connectivity index (χ0) is 11.2. The maximum Gasteiger partial charge on any atom is 0.117 e. The van der Waals surface area contributed by atoms with Crippen LogP contribution >= 0.6 is 11.8 Å². The van der Waals surface area contributed by atoms with Crippen molar-refractivity contribution in [1.29, 1.82) is 0 Å². The summed E-state index contributed by atoms with van der Waals surface area (Å²) in [6.07, 6.45) is 2.91. The smallest absolute Gasteiger partial charge is 0.117 e. The second kappa shape index (κ2) is 6.33. The summed E-state index contributed by atoms with van der Waals surface area (Å²) in [6.45, 7) is 1.74. The molecule has 1 atom stereocenters. The van der Waals surface area contributed by atoms with Crippen molar-refractivity contribution in [3.05, 3.63) is 23.7 Å². The lowest BCUT2D eigenvalue weighted by Crippen LogP contribution is -2.07. The van der Waals surface area contributed by atoms with Crippen LogP contribution in [0.4, 0.5) is 0 Å². The Balaban J connectivity index is 1.67. The number of furan rings is 1. The molecule has 1 aliphatic heterocycles. The zero-order valence-electron chi connectivity index (χ0n) is 9.70. The summed E-state index contributed by atoms with van der Waals surface area (Å²) in [7, 11) is 1.92. The first-order valence-electron chi connectivity index (χ1n) is 5.80. The van der Waals surface area contributed by atoms with Crippen molar-refractivity contribution in [1.82, 2.24) is 5.32 Å². The van der Waals surface area contributed by atoms with E-state index in [1.165, 1.54) is 12.8 Å². The molecule has 0 bridgehead atoms. The molecular formula is C12H19NO2S. The third kappa shape index (κ3) is 3.54. The maximum absolute atomic E-state index is 5.66. The van der Waals surface area contributed by atoms with Gasteiger partial charge in [-0.15, -0.1) is 0 Å². The lowest BCUT2D eigenvalue weighted by Gasteiger charge is -2.07. The molecule has 2 heterocycles. The minimum atomic E-state index is 0.469. The molecule has 1 aliphatic rings. The van der Waals surface area contributed by atoms with Crippen molar-refractivity contribution >= 4 is 11.8 Å². The molecule has 4 heteroatoms. The van der Waals surface area contributed by atoms with Gasteiger partial charge < -0.3 is 14.5 Å². The fraction of sp³-hybridized carbons (Fsp3) is 0.667. The number of ether oxygens (including phenoxy) is 1. The van der Waals surface area contributed by atoms with Crippen molar-refractivity contribution in [2.24, 2.45) is 0 Å². The Bertz CT molecular complexity index is 308. The van der Waals surface area contributed by atoms with Crippen LogP contribution in [-0.2, 0) is 17.0 Å². The van der Waals surface area contributed by atoms with E-state index in [1.54, 1.807) is 0 Å². The fourth-order valence-electron chi connectivity index (χ4n) is 1.84. The van der Waals surface area contributed by atoms with Crippen LogP contribution in [0.5, 0.6) is 0 Å². The normalized spacial score (nSPS) is 20.4. The van der Waals surface area contributed by atoms with Gasteiger partial charge in [0, 0.05) is 12.4 Å². The molecule has 1 fully saturated rings. The van der Waals surface area contributed by atoms with Crippen LogP contribution in [0.2, 0.25) is 0 Å². The summed E-state index contributed by atoms with van der Waals surface area (Å²) in [5.74, 6) is 4.11. The van der Waals surface area contributed by atoms with Gasteiger partial charge in [-0.3, -0.25) is 0 Å². The molecular weight excluding hydrogens is 222 g/mol. The van der Waals surface area contributed by atoms with Crippen molar-refractivity contribution in [2.45, 2.75) is 31.2 Å². The topological polar surface area (TPSA) is 34.4 Å². The van der Waals surface area contributed by atoms with Crippen LogP contribution < -0.4 is 5.32 Å². The van der Waals surface area contributed by atoms with Gasteiger partial charge in [-0.1, -0.05) is 0 Å². The molecule has 90 valence electrons. The van der Waals surface area contributed by atoms with Crippen molar-refractivity contribution in [3.63, 3.8) is 0 Å². The SMILES string of the molecule is CNCc1ccc(CSCC2CCCO2)o1. The van der Waals surface area contributed by atoms with E-state index in [-0.39, 0.29) is 0 Å². The molecule has 2 rings (SSSR count). The second-order valence-corrected chi connectivity index (χ2v) is 5.08. The van der Waals surface area contributed by atoms with E-state index in [0.717, 1.165) is 36.2 Å². The van der Waals surface area contributed by atoms with Gasteiger partial charge in [0.05, 0.1) is 18.4 Å². The molecule has 1 N–H and O–H groups in total. The highest BCUT2D eigenvalue weighted by Crippen LogP contribution is 2.21. The van der Waals surface area contributed by atoms with Crippen LogP contribution in [0.3, 0.4) is 0 Å². The summed E-state index contributed by atoms with van der Waals surface area (Å²) in [6, 6.07) is 4.10. The van der Waals surface area contributed by atoms with Crippen molar-refractivity contribution in [3.8, 4) is 0 Å². The summed E-state index contributed by atoms with van der Waals surface area (Å²) in [5, 5.41) is 3.08. The predicted octanol–water partition coefficient (Wildman–Crippen LogP) is 2.41. The lowest BCUT2D eigenvalue weighted by molar-refractivity contribution is 0.129. The van der Waals surface area contributed by atoms with Crippen molar-refractivity contribution in [2.75, 3.05) is 19.4 Å². The Kier molecular flexibility index (Phi) is 4.75. The molecule has 0 aliphatic carbocycles. The van der Waals surface area contributed by atoms with E-state index in [1.807, 2.05) is 24.9 Å². The Labute approximate surface area is 101 Å². The Hall–Kier alpha value is -0.450. The summed E-state index contributed by atoms with van der Waals surface area (Å²) < 4.78 is 11.2. The molecule has 0 radical (unpaired) electrons. The first-order chi connectivity index (χ1) is 7.88. The minimum absolute atomic E-state index is 0.469. The van der Waals surface area contributed by atoms with E-state index >= 15 is 0 Å². The van der Waals surface area contributed by atoms with Crippen molar-refractivity contribution < 1.29 is 9.15 Å². The van der Waals surface area contributed by atoms with Gasteiger partial charge in [0.25, 0.3) is 0 Å².